The molecule has 2 N–H and O–H groups in total. The van der Waals surface area contributed by atoms with Crippen molar-refractivity contribution in [3.63, 3.8) is 0 Å². The summed E-state index contributed by atoms with van der Waals surface area (Å²) in [6.07, 6.45) is 2.32. The zero-order valence-corrected chi connectivity index (χ0v) is 12.1. The molecule has 0 saturated carbocycles. The van der Waals surface area contributed by atoms with Crippen LogP contribution in [0, 0.1) is 12.8 Å². The Balaban J connectivity index is 1.64. The van der Waals surface area contributed by atoms with Gasteiger partial charge in [0.05, 0.1) is 5.92 Å². The van der Waals surface area contributed by atoms with Crippen molar-refractivity contribution in [2.24, 2.45) is 5.92 Å². The van der Waals surface area contributed by atoms with Crippen molar-refractivity contribution >= 4 is 12.0 Å². The molecule has 0 aromatic heterocycles. The van der Waals surface area contributed by atoms with Crippen LogP contribution in [-0.4, -0.2) is 34.1 Å². The molecule has 0 aliphatic carbocycles. The van der Waals surface area contributed by atoms with Gasteiger partial charge >= 0.3 is 12.0 Å². The van der Waals surface area contributed by atoms with Gasteiger partial charge in [-0.25, -0.2) is 4.79 Å². The van der Waals surface area contributed by atoms with E-state index in [2.05, 4.69) is 5.32 Å². The van der Waals surface area contributed by atoms with Crippen molar-refractivity contribution < 1.29 is 14.7 Å². The molecule has 5 heteroatoms. The number of carboxylic acid groups (broad SMARTS) is 1. The van der Waals surface area contributed by atoms with Crippen LogP contribution in [0.25, 0.3) is 0 Å². The number of carboxylic acids is 1. The predicted octanol–water partition coefficient (Wildman–Crippen LogP) is 2.14. The highest BCUT2D eigenvalue weighted by Crippen LogP contribution is 2.41. The van der Waals surface area contributed by atoms with Gasteiger partial charge in [-0.2, -0.15) is 0 Å². The van der Waals surface area contributed by atoms with E-state index in [-0.39, 0.29) is 18.1 Å². The van der Waals surface area contributed by atoms with Crippen LogP contribution in [0.15, 0.2) is 24.3 Å². The van der Waals surface area contributed by atoms with Crippen molar-refractivity contribution in [2.45, 2.75) is 44.8 Å². The summed E-state index contributed by atoms with van der Waals surface area (Å²) in [7, 11) is 0. The summed E-state index contributed by atoms with van der Waals surface area (Å²) in [6, 6.07) is 7.76. The van der Waals surface area contributed by atoms with E-state index in [1.165, 1.54) is 0 Å². The van der Waals surface area contributed by atoms with E-state index in [0.717, 1.165) is 24.0 Å². The van der Waals surface area contributed by atoms with E-state index in [4.69, 9.17) is 0 Å². The molecule has 21 heavy (non-hydrogen) atoms. The molecule has 5 nitrogen and oxygen atoms in total. The number of amides is 2. The van der Waals surface area contributed by atoms with Crippen LogP contribution in [-0.2, 0) is 11.3 Å². The fraction of sp³-hybridized carbons (Fsp3) is 0.500. The maximum Gasteiger partial charge on any atom is 0.318 e. The SMILES string of the molecule is Cc1ccccc1CNC(=O)N1C2CCC1C(C(=O)O)C2. The van der Waals surface area contributed by atoms with E-state index in [9.17, 15) is 14.7 Å². The Labute approximate surface area is 123 Å². The Morgan fingerprint density at radius 1 is 1.33 bits per heavy atom. The van der Waals surface area contributed by atoms with Gasteiger partial charge in [-0.1, -0.05) is 24.3 Å². The highest BCUT2D eigenvalue weighted by molar-refractivity contribution is 5.79. The molecule has 2 fully saturated rings. The maximum absolute atomic E-state index is 12.4. The van der Waals surface area contributed by atoms with Crippen molar-refractivity contribution in [3.8, 4) is 0 Å². The summed E-state index contributed by atoms with van der Waals surface area (Å²) in [5.74, 6) is -1.17. The van der Waals surface area contributed by atoms with Crippen LogP contribution in [0.5, 0.6) is 0 Å². The average molecular weight is 288 g/mol. The first kappa shape index (κ1) is 13.9. The van der Waals surface area contributed by atoms with Crippen LogP contribution in [0.4, 0.5) is 4.79 Å². The van der Waals surface area contributed by atoms with Crippen LogP contribution >= 0.6 is 0 Å². The van der Waals surface area contributed by atoms with Gasteiger partial charge < -0.3 is 15.3 Å². The van der Waals surface area contributed by atoms with Crippen LogP contribution < -0.4 is 5.32 Å². The zero-order valence-electron chi connectivity index (χ0n) is 12.1. The average Bonchev–Trinajstić information content (AvgIpc) is 3.04. The standard InChI is InChI=1S/C16H20N2O3/c1-10-4-2-3-5-11(10)9-17-16(21)18-12-6-7-14(18)13(8-12)15(19)20/h2-5,12-14H,6-9H2,1H3,(H,17,21)(H,19,20). The molecule has 112 valence electrons. The Morgan fingerprint density at radius 3 is 2.76 bits per heavy atom. The van der Waals surface area contributed by atoms with Crippen molar-refractivity contribution in [2.75, 3.05) is 0 Å². The lowest BCUT2D eigenvalue weighted by molar-refractivity contribution is -0.142. The van der Waals surface area contributed by atoms with Crippen LogP contribution in [0.3, 0.4) is 0 Å². The summed E-state index contributed by atoms with van der Waals surface area (Å²) in [5, 5.41) is 12.2. The molecule has 1 aromatic carbocycles. The minimum atomic E-state index is -0.779. The molecule has 3 unspecified atom stereocenters. The molecule has 2 aliphatic heterocycles. The molecular formula is C16H20N2O3. The van der Waals surface area contributed by atoms with E-state index in [1.54, 1.807) is 4.90 Å². The summed E-state index contributed by atoms with van der Waals surface area (Å²) < 4.78 is 0. The number of rotatable bonds is 3. The van der Waals surface area contributed by atoms with E-state index >= 15 is 0 Å². The number of fused-ring (bicyclic) bond motifs is 2. The first-order valence-corrected chi connectivity index (χ1v) is 7.41. The highest BCUT2D eigenvalue weighted by atomic mass is 16.4. The van der Waals surface area contributed by atoms with Crippen LogP contribution in [0.2, 0.25) is 0 Å². The predicted molar refractivity (Wildman–Crippen MR) is 77.8 cm³/mol. The molecule has 2 amide bonds. The summed E-state index contributed by atoms with van der Waals surface area (Å²) in [5.41, 5.74) is 2.23. The van der Waals surface area contributed by atoms with E-state index < -0.39 is 11.9 Å². The topological polar surface area (TPSA) is 69.6 Å². The number of urea groups is 1. The van der Waals surface area contributed by atoms with E-state index in [0.29, 0.717) is 13.0 Å². The number of carbonyl (C=O) groups is 2. The molecule has 0 spiro atoms. The van der Waals surface area contributed by atoms with Crippen molar-refractivity contribution in [1.29, 1.82) is 0 Å². The highest BCUT2D eigenvalue weighted by Gasteiger charge is 2.51. The number of hydrogen-bond donors (Lipinski definition) is 2. The lowest BCUT2D eigenvalue weighted by atomic mass is 9.89. The second-order valence-electron chi connectivity index (χ2n) is 5.97. The number of benzene rings is 1. The fourth-order valence-corrected chi connectivity index (χ4v) is 3.64. The molecular weight excluding hydrogens is 268 g/mol. The lowest BCUT2D eigenvalue weighted by Crippen LogP contribution is -2.44. The third-order valence-corrected chi connectivity index (χ3v) is 4.78. The normalized spacial score (nSPS) is 26.9. The van der Waals surface area contributed by atoms with Crippen molar-refractivity contribution in [3.05, 3.63) is 35.4 Å². The van der Waals surface area contributed by atoms with Gasteiger partial charge in [0.15, 0.2) is 0 Å². The van der Waals surface area contributed by atoms with Gasteiger partial charge in [0.25, 0.3) is 0 Å². The first-order valence-electron chi connectivity index (χ1n) is 7.41. The Kier molecular flexibility index (Phi) is 3.57. The number of aliphatic carboxylic acids is 1. The maximum atomic E-state index is 12.4. The Hall–Kier alpha value is -2.04. The minimum Gasteiger partial charge on any atom is -0.481 e. The van der Waals surface area contributed by atoms with Gasteiger partial charge in [-0.15, -0.1) is 0 Å². The lowest BCUT2D eigenvalue weighted by Gasteiger charge is -2.23. The number of hydrogen-bond acceptors (Lipinski definition) is 2. The third kappa shape index (κ3) is 2.48. The van der Waals surface area contributed by atoms with Crippen LogP contribution in [0.1, 0.15) is 30.4 Å². The van der Waals surface area contributed by atoms with Crippen molar-refractivity contribution in [1.82, 2.24) is 10.2 Å². The summed E-state index contributed by atoms with van der Waals surface area (Å²) in [6.45, 7) is 2.50. The largest absolute Gasteiger partial charge is 0.481 e. The molecule has 2 saturated heterocycles. The molecule has 2 bridgehead atoms. The molecule has 3 atom stereocenters. The monoisotopic (exact) mass is 288 g/mol. The number of nitrogens with one attached hydrogen (secondary N) is 1. The molecule has 1 aromatic rings. The second kappa shape index (κ2) is 5.39. The summed E-state index contributed by atoms with van der Waals surface area (Å²) in [4.78, 5) is 25.4. The van der Waals surface area contributed by atoms with Gasteiger partial charge in [0.2, 0.25) is 0 Å². The molecule has 2 aliphatic rings. The Bertz CT molecular complexity index is 572. The summed E-state index contributed by atoms with van der Waals surface area (Å²) >= 11 is 0. The second-order valence-corrected chi connectivity index (χ2v) is 5.97. The molecule has 2 heterocycles. The minimum absolute atomic E-state index is 0.0907. The zero-order chi connectivity index (χ0) is 15.0. The molecule has 0 radical (unpaired) electrons. The van der Waals surface area contributed by atoms with Gasteiger partial charge in [-0.05, 0) is 37.3 Å². The van der Waals surface area contributed by atoms with E-state index in [1.807, 2.05) is 31.2 Å². The number of aryl methyl sites for hydroxylation is 1. The number of nitrogens with zero attached hydrogens (tertiary/aromatic N) is 1. The number of carbonyl (C=O) groups excluding carboxylic acids is 1. The smallest absolute Gasteiger partial charge is 0.318 e. The quantitative estimate of drug-likeness (QED) is 0.895. The third-order valence-electron chi connectivity index (χ3n) is 4.78. The molecule has 3 rings (SSSR count). The fourth-order valence-electron chi connectivity index (χ4n) is 3.64. The van der Waals surface area contributed by atoms with Gasteiger partial charge in [0.1, 0.15) is 0 Å². The van der Waals surface area contributed by atoms with Gasteiger partial charge in [0, 0.05) is 18.6 Å². The first-order chi connectivity index (χ1) is 10.1. The van der Waals surface area contributed by atoms with Gasteiger partial charge in [-0.3, -0.25) is 4.79 Å². The Morgan fingerprint density at radius 2 is 2.10 bits per heavy atom.